The fourth-order valence-corrected chi connectivity index (χ4v) is 2.00. The van der Waals surface area contributed by atoms with Crippen LogP contribution in [0.1, 0.15) is 15.9 Å². The van der Waals surface area contributed by atoms with Crippen molar-refractivity contribution >= 4 is 11.9 Å². The van der Waals surface area contributed by atoms with Gasteiger partial charge in [0.05, 0.1) is 21.3 Å². The van der Waals surface area contributed by atoms with E-state index in [0.717, 1.165) is 0 Å². The molecule has 0 radical (unpaired) electrons. The van der Waals surface area contributed by atoms with Gasteiger partial charge in [-0.05, 0) is 36.4 Å². The maximum absolute atomic E-state index is 12.3. The molecule has 0 unspecified atom stereocenters. The molecule has 0 saturated heterocycles. The lowest BCUT2D eigenvalue weighted by Crippen LogP contribution is -1.97. The van der Waals surface area contributed by atoms with E-state index in [-0.39, 0.29) is 11.5 Å². The number of carbonyl (C=O) groups is 1. The maximum atomic E-state index is 12.3. The van der Waals surface area contributed by atoms with Gasteiger partial charge in [0, 0.05) is 23.3 Å². The van der Waals surface area contributed by atoms with Crippen molar-refractivity contribution in [1.82, 2.24) is 0 Å². The van der Waals surface area contributed by atoms with E-state index >= 15 is 0 Å². The zero-order valence-electron chi connectivity index (χ0n) is 13.2. The molecule has 0 aliphatic heterocycles. The number of benzene rings is 2. The van der Waals surface area contributed by atoms with Crippen molar-refractivity contribution in [1.29, 1.82) is 0 Å². The molecule has 0 amide bonds. The molecule has 5 heteroatoms. The number of ether oxygens (including phenoxy) is 3. The van der Waals surface area contributed by atoms with Gasteiger partial charge in [0.2, 0.25) is 0 Å². The Hall–Kier alpha value is -2.95. The average molecular weight is 314 g/mol. The van der Waals surface area contributed by atoms with Gasteiger partial charge >= 0.3 is 0 Å². The molecule has 0 heterocycles. The predicted octanol–water partition coefficient (Wildman–Crippen LogP) is 3.31. The number of hydrogen-bond acceptors (Lipinski definition) is 5. The highest BCUT2D eigenvalue weighted by Gasteiger charge is 2.08. The third-order valence-corrected chi connectivity index (χ3v) is 3.29. The molecule has 5 nitrogen and oxygen atoms in total. The van der Waals surface area contributed by atoms with Crippen LogP contribution in [0.4, 0.5) is 0 Å². The van der Waals surface area contributed by atoms with Crippen molar-refractivity contribution in [2.45, 2.75) is 0 Å². The zero-order valence-corrected chi connectivity index (χ0v) is 13.2. The van der Waals surface area contributed by atoms with Crippen LogP contribution in [-0.4, -0.2) is 32.2 Å². The standard InChI is InChI=1S/C18H18O5/c1-21-14-6-4-12(18(20)11-14)5-7-17(19)13-8-15(22-2)10-16(9-13)23-3/h4-11,20H,1-3H3. The molecule has 0 bridgehead atoms. The topological polar surface area (TPSA) is 65.0 Å². The second kappa shape index (κ2) is 7.35. The van der Waals surface area contributed by atoms with Crippen LogP contribution in [0.15, 0.2) is 42.5 Å². The van der Waals surface area contributed by atoms with Gasteiger partial charge in [0.25, 0.3) is 0 Å². The number of phenolic OH excluding ortho intramolecular Hbond substituents is 1. The van der Waals surface area contributed by atoms with Crippen molar-refractivity contribution < 1.29 is 24.1 Å². The summed E-state index contributed by atoms with van der Waals surface area (Å²) in [7, 11) is 4.56. The quantitative estimate of drug-likeness (QED) is 0.654. The van der Waals surface area contributed by atoms with Crippen LogP contribution in [0.5, 0.6) is 23.0 Å². The lowest BCUT2D eigenvalue weighted by molar-refractivity contribution is 0.104. The average Bonchev–Trinajstić information content (AvgIpc) is 2.59. The van der Waals surface area contributed by atoms with Gasteiger partial charge in [-0.15, -0.1) is 0 Å². The highest BCUT2D eigenvalue weighted by molar-refractivity contribution is 6.07. The molecule has 0 spiro atoms. The summed E-state index contributed by atoms with van der Waals surface area (Å²) >= 11 is 0. The Morgan fingerprint density at radius 3 is 2.04 bits per heavy atom. The second-order valence-corrected chi connectivity index (χ2v) is 4.72. The van der Waals surface area contributed by atoms with Gasteiger partial charge in [-0.1, -0.05) is 0 Å². The highest BCUT2D eigenvalue weighted by Crippen LogP contribution is 2.26. The molecular weight excluding hydrogens is 296 g/mol. The van der Waals surface area contributed by atoms with Crippen LogP contribution in [0, 0.1) is 0 Å². The Morgan fingerprint density at radius 2 is 1.52 bits per heavy atom. The van der Waals surface area contributed by atoms with Crippen LogP contribution >= 0.6 is 0 Å². The molecular formula is C18H18O5. The number of hydrogen-bond donors (Lipinski definition) is 1. The van der Waals surface area contributed by atoms with E-state index < -0.39 is 0 Å². The van der Waals surface area contributed by atoms with Gasteiger partial charge in [0.15, 0.2) is 5.78 Å². The van der Waals surface area contributed by atoms with Crippen molar-refractivity contribution in [3.8, 4) is 23.0 Å². The Morgan fingerprint density at radius 1 is 0.913 bits per heavy atom. The number of phenols is 1. The normalized spacial score (nSPS) is 10.6. The number of methoxy groups -OCH3 is 3. The molecule has 2 rings (SSSR count). The number of ketones is 1. The molecule has 0 aliphatic rings. The zero-order chi connectivity index (χ0) is 16.8. The highest BCUT2D eigenvalue weighted by atomic mass is 16.5. The summed E-state index contributed by atoms with van der Waals surface area (Å²) in [4.78, 5) is 12.3. The second-order valence-electron chi connectivity index (χ2n) is 4.72. The summed E-state index contributed by atoms with van der Waals surface area (Å²) in [5.41, 5.74) is 0.958. The minimum absolute atomic E-state index is 0.0385. The molecule has 2 aromatic rings. The third-order valence-electron chi connectivity index (χ3n) is 3.29. The lowest BCUT2D eigenvalue weighted by atomic mass is 10.1. The van der Waals surface area contributed by atoms with E-state index in [1.54, 1.807) is 36.4 Å². The summed E-state index contributed by atoms with van der Waals surface area (Å²) in [6.07, 6.45) is 2.93. The van der Waals surface area contributed by atoms with E-state index in [1.165, 1.54) is 33.5 Å². The predicted molar refractivity (Wildman–Crippen MR) is 87.6 cm³/mol. The van der Waals surface area contributed by atoms with Crippen LogP contribution in [0.3, 0.4) is 0 Å². The minimum Gasteiger partial charge on any atom is -0.507 e. The van der Waals surface area contributed by atoms with Gasteiger partial charge in [-0.2, -0.15) is 0 Å². The largest absolute Gasteiger partial charge is 0.507 e. The first-order valence-corrected chi connectivity index (χ1v) is 6.90. The van der Waals surface area contributed by atoms with E-state index in [0.29, 0.717) is 28.4 Å². The molecule has 1 N–H and O–H groups in total. The first-order valence-electron chi connectivity index (χ1n) is 6.90. The first-order chi connectivity index (χ1) is 11.1. The van der Waals surface area contributed by atoms with E-state index in [2.05, 4.69) is 0 Å². The summed E-state index contributed by atoms with van der Waals surface area (Å²) in [6.45, 7) is 0. The maximum Gasteiger partial charge on any atom is 0.186 e. The van der Waals surface area contributed by atoms with Crippen molar-refractivity contribution in [2.75, 3.05) is 21.3 Å². The fourth-order valence-electron chi connectivity index (χ4n) is 2.00. The number of rotatable bonds is 6. The van der Waals surface area contributed by atoms with Gasteiger partial charge in [-0.25, -0.2) is 0 Å². The van der Waals surface area contributed by atoms with Crippen molar-refractivity contribution in [3.05, 3.63) is 53.6 Å². The molecule has 0 saturated carbocycles. The van der Waals surface area contributed by atoms with E-state index in [4.69, 9.17) is 14.2 Å². The Kier molecular flexibility index (Phi) is 5.25. The summed E-state index contributed by atoms with van der Waals surface area (Å²) in [5, 5.41) is 9.89. The van der Waals surface area contributed by atoms with Gasteiger partial charge in [0.1, 0.15) is 23.0 Å². The fraction of sp³-hybridized carbons (Fsp3) is 0.167. The van der Waals surface area contributed by atoms with Crippen LogP contribution < -0.4 is 14.2 Å². The lowest BCUT2D eigenvalue weighted by Gasteiger charge is -2.06. The number of aromatic hydroxyl groups is 1. The van der Waals surface area contributed by atoms with Crippen LogP contribution in [0.2, 0.25) is 0 Å². The number of carbonyl (C=O) groups excluding carboxylic acids is 1. The first kappa shape index (κ1) is 16.4. The minimum atomic E-state index is -0.225. The molecule has 2 aromatic carbocycles. The SMILES string of the molecule is COc1cc(OC)cc(C(=O)C=Cc2ccc(OC)cc2O)c1. The Labute approximate surface area is 134 Å². The molecule has 120 valence electrons. The molecule has 0 fully saturated rings. The Balaban J connectivity index is 2.24. The van der Waals surface area contributed by atoms with Gasteiger partial charge in [-0.3, -0.25) is 4.79 Å². The van der Waals surface area contributed by atoms with Crippen molar-refractivity contribution in [3.63, 3.8) is 0 Å². The van der Waals surface area contributed by atoms with E-state index in [1.807, 2.05) is 0 Å². The smallest absolute Gasteiger partial charge is 0.186 e. The third kappa shape index (κ3) is 4.03. The van der Waals surface area contributed by atoms with Gasteiger partial charge < -0.3 is 19.3 Å². The van der Waals surface area contributed by atoms with E-state index in [9.17, 15) is 9.90 Å². The summed E-state index contributed by atoms with van der Waals surface area (Å²) in [5.74, 6) is 1.43. The van der Waals surface area contributed by atoms with Crippen LogP contribution in [0.25, 0.3) is 6.08 Å². The molecule has 0 aliphatic carbocycles. The molecule has 0 atom stereocenters. The Bertz CT molecular complexity index is 712. The molecule has 23 heavy (non-hydrogen) atoms. The number of allylic oxidation sites excluding steroid dienone is 1. The van der Waals surface area contributed by atoms with Crippen molar-refractivity contribution in [2.24, 2.45) is 0 Å². The monoisotopic (exact) mass is 314 g/mol. The summed E-state index contributed by atoms with van der Waals surface area (Å²) in [6, 6.07) is 9.81. The summed E-state index contributed by atoms with van der Waals surface area (Å²) < 4.78 is 15.3. The van der Waals surface area contributed by atoms with Crippen LogP contribution in [-0.2, 0) is 0 Å². The molecule has 0 aromatic heterocycles.